The fourth-order valence-corrected chi connectivity index (χ4v) is 3.83. The van der Waals surface area contributed by atoms with Crippen LogP contribution in [0, 0.1) is 6.92 Å². The predicted molar refractivity (Wildman–Crippen MR) is 86.5 cm³/mol. The fourth-order valence-electron chi connectivity index (χ4n) is 2.88. The Balaban J connectivity index is 1.80. The first-order valence-electron chi connectivity index (χ1n) is 7.30. The van der Waals surface area contributed by atoms with Crippen LogP contribution in [0.25, 0.3) is 0 Å². The van der Waals surface area contributed by atoms with E-state index in [2.05, 4.69) is 48.6 Å². The summed E-state index contributed by atoms with van der Waals surface area (Å²) in [5.74, 6) is 0. The van der Waals surface area contributed by atoms with Gasteiger partial charge in [-0.05, 0) is 73.7 Å². The maximum Gasteiger partial charge on any atom is 0.0202 e. The number of benzene rings is 2. The van der Waals surface area contributed by atoms with Crippen LogP contribution in [0.15, 0.2) is 46.2 Å². The van der Waals surface area contributed by atoms with Gasteiger partial charge in [-0.15, -0.1) is 0 Å². The lowest BCUT2D eigenvalue weighted by atomic mass is 10.1. The third-order valence-electron chi connectivity index (χ3n) is 3.92. The molecule has 0 fully saturated rings. The van der Waals surface area contributed by atoms with E-state index in [4.69, 9.17) is 0 Å². The summed E-state index contributed by atoms with van der Waals surface area (Å²) in [4.78, 5) is 2.73. The van der Waals surface area contributed by atoms with E-state index in [0.29, 0.717) is 0 Å². The summed E-state index contributed by atoms with van der Waals surface area (Å²) in [7, 11) is 1.99. The first-order chi connectivity index (χ1) is 9.76. The van der Waals surface area contributed by atoms with Gasteiger partial charge in [0.2, 0.25) is 0 Å². The van der Waals surface area contributed by atoms with E-state index in [1.165, 1.54) is 40.2 Å². The number of aryl methyl sites for hydroxylation is 3. The van der Waals surface area contributed by atoms with Gasteiger partial charge < -0.3 is 5.32 Å². The molecule has 20 heavy (non-hydrogen) atoms. The number of nitrogens with one attached hydrogen (secondary N) is 1. The van der Waals surface area contributed by atoms with Crippen molar-refractivity contribution in [3.05, 3.63) is 58.7 Å². The summed E-state index contributed by atoms with van der Waals surface area (Å²) in [6.45, 7) is 3.14. The number of fused-ring (bicyclic) bond motifs is 1. The van der Waals surface area contributed by atoms with Crippen LogP contribution in [0.1, 0.15) is 28.7 Å². The molecule has 0 heterocycles. The normalized spacial score (nSPS) is 13.5. The first kappa shape index (κ1) is 13.7. The Morgan fingerprint density at radius 3 is 2.70 bits per heavy atom. The molecule has 0 saturated carbocycles. The van der Waals surface area contributed by atoms with Gasteiger partial charge in [0.25, 0.3) is 0 Å². The van der Waals surface area contributed by atoms with Crippen LogP contribution < -0.4 is 5.32 Å². The Bertz CT molecular complexity index is 619. The maximum atomic E-state index is 3.20. The SMILES string of the molecule is CNCc1ccc(Sc2ccc3c(c2)CCC3)c(C)c1. The zero-order chi connectivity index (χ0) is 13.9. The van der Waals surface area contributed by atoms with Crippen molar-refractivity contribution < 1.29 is 0 Å². The van der Waals surface area contributed by atoms with Crippen molar-refractivity contribution in [2.75, 3.05) is 7.05 Å². The van der Waals surface area contributed by atoms with Crippen molar-refractivity contribution >= 4 is 11.8 Å². The molecule has 2 aromatic rings. The Morgan fingerprint density at radius 2 is 1.90 bits per heavy atom. The van der Waals surface area contributed by atoms with Gasteiger partial charge in [-0.1, -0.05) is 30.0 Å². The highest BCUT2D eigenvalue weighted by molar-refractivity contribution is 7.99. The van der Waals surface area contributed by atoms with Crippen molar-refractivity contribution in [2.24, 2.45) is 0 Å². The molecule has 2 aromatic carbocycles. The van der Waals surface area contributed by atoms with E-state index in [0.717, 1.165) is 6.54 Å². The summed E-state index contributed by atoms with van der Waals surface area (Å²) in [5, 5.41) is 3.20. The molecule has 0 aromatic heterocycles. The lowest BCUT2D eigenvalue weighted by Gasteiger charge is -2.09. The number of hydrogen-bond acceptors (Lipinski definition) is 2. The lowest BCUT2D eigenvalue weighted by Crippen LogP contribution is -2.05. The van der Waals surface area contributed by atoms with E-state index < -0.39 is 0 Å². The van der Waals surface area contributed by atoms with Crippen LogP contribution in [0.5, 0.6) is 0 Å². The van der Waals surface area contributed by atoms with Crippen LogP contribution >= 0.6 is 11.8 Å². The van der Waals surface area contributed by atoms with Gasteiger partial charge in [-0.25, -0.2) is 0 Å². The minimum Gasteiger partial charge on any atom is -0.316 e. The Kier molecular flexibility index (Phi) is 4.13. The molecule has 1 N–H and O–H groups in total. The van der Waals surface area contributed by atoms with Gasteiger partial charge in [-0.3, -0.25) is 0 Å². The first-order valence-corrected chi connectivity index (χ1v) is 8.12. The summed E-state index contributed by atoms with van der Waals surface area (Å²) >= 11 is 1.89. The largest absolute Gasteiger partial charge is 0.316 e. The molecular formula is C18H21NS. The molecule has 0 radical (unpaired) electrons. The lowest BCUT2D eigenvalue weighted by molar-refractivity contribution is 0.815. The van der Waals surface area contributed by atoms with Crippen molar-refractivity contribution in [1.29, 1.82) is 0 Å². The Morgan fingerprint density at radius 1 is 1.05 bits per heavy atom. The smallest absolute Gasteiger partial charge is 0.0202 e. The van der Waals surface area contributed by atoms with E-state index in [-0.39, 0.29) is 0 Å². The van der Waals surface area contributed by atoms with Gasteiger partial charge in [0, 0.05) is 16.3 Å². The highest BCUT2D eigenvalue weighted by Gasteiger charge is 2.11. The van der Waals surface area contributed by atoms with E-state index >= 15 is 0 Å². The van der Waals surface area contributed by atoms with Crippen molar-refractivity contribution in [3.8, 4) is 0 Å². The molecule has 0 saturated heterocycles. The molecule has 0 bridgehead atoms. The molecular weight excluding hydrogens is 262 g/mol. The number of hydrogen-bond donors (Lipinski definition) is 1. The average molecular weight is 283 g/mol. The Labute approximate surface area is 125 Å². The van der Waals surface area contributed by atoms with Gasteiger partial charge >= 0.3 is 0 Å². The standard InChI is InChI=1S/C18H21NS/c1-13-10-14(12-19-2)6-9-18(13)20-17-8-7-15-4-3-5-16(15)11-17/h6-11,19H,3-5,12H2,1-2H3. The van der Waals surface area contributed by atoms with Crippen LogP contribution in [-0.2, 0) is 19.4 Å². The highest BCUT2D eigenvalue weighted by atomic mass is 32.2. The van der Waals surface area contributed by atoms with Crippen molar-refractivity contribution in [3.63, 3.8) is 0 Å². The topological polar surface area (TPSA) is 12.0 Å². The molecule has 0 amide bonds. The fraction of sp³-hybridized carbons (Fsp3) is 0.333. The minimum absolute atomic E-state index is 0.935. The average Bonchev–Trinajstić information content (AvgIpc) is 2.90. The summed E-state index contributed by atoms with van der Waals surface area (Å²) in [6.07, 6.45) is 3.84. The third kappa shape index (κ3) is 2.92. The second kappa shape index (κ2) is 6.02. The third-order valence-corrected chi connectivity index (χ3v) is 5.09. The van der Waals surface area contributed by atoms with Crippen LogP contribution in [0.3, 0.4) is 0 Å². The molecule has 104 valence electrons. The summed E-state index contributed by atoms with van der Waals surface area (Å²) in [5.41, 5.74) is 5.82. The van der Waals surface area contributed by atoms with E-state index in [9.17, 15) is 0 Å². The van der Waals surface area contributed by atoms with E-state index in [1.54, 1.807) is 11.1 Å². The van der Waals surface area contributed by atoms with Crippen LogP contribution in [0.4, 0.5) is 0 Å². The van der Waals surface area contributed by atoms with Gasteiger partial charge in [-0.2, -0.15) is 0 Å². The van der Waals surface area contributed by atoms with Crippen LogP contribution in [0.2, 0.25) is 0 Å². The highest BCUT2D eigenvalue weighted by Crippen LogP contribution is 2.33. The van der Waals surface area contributed by atoms with Gasteiger partial charge in [0.05, 0.1) is 0 Å². The monoisotopic (exact) mass is 283 g/mol. The molecule has 1 aliphatic rings. The second-order valence-electron chi connectivity index (χ2n) is 5.52. The zero-order valence-electron chi connectivity index (χ0n) is 12.2. The van der Waals surface area contributed by atoms with Crippen molar-refractivity contribution in [2.45, 2.75) is 42.5 Å². The molecule has 0 aliphatic heterocycles. The summed E-state index contributed by atoms with van der Waals surface area (Å²) in [6, 6.07) is 13.7. The maximum absolute atomic E-state index is 3.20. The second-order valence-corrected chi connectivity index (χ2v) is 6.63. The van der Waals surface area contributed by atoms with Crippen molar-refractivity contribution in [1.82, 2.24) is 5.32 Å². The molecule has 0 spiro atoms. The molecule has 1 aliphatic carbocycles. The molecule has 3 rings (SSSR count). The van der Waals surface area contributed by atoms with Gasteiger partial charge in [0.1, 0.15) is 0 Å². The van der Waals surface area contributed by atoms with Crippen LogP contribution in [-0.4, -0.2) is 7.05 Å². The molecule has 2 heteroatoms. The quantitative estimate of drug-likeness (QED) is 0.895. The zero-order valence-corrected chi connectivity index (χ0v) is 13.0. The predicted octanol–water partition coefficient (Wildman–Crippen LogP) is 4.35. The molecule has 1 nitrogen and oxygen atoms in total. The minimum atomic E-state index is 0.935. The van der Waals surface area contributed by atoms with Gasteiger partial charge in [0.15, 0.2) is 0 Å². The number of rotatable bonds is 4. The Hall–Kier alpha value is -1.25. The van der Waals surface area contributed by atoms with E-state index in [1.807, 2.05) is 18.8 Å². The molecule has 0 unspecified atom stereocenters. The summed E-state index contributed by atoms with van der Waals surface area (Å²) < 4.78 is 0. The molecule has 0 atom stereocenters.